The van der Waals surface area contributed by atoms with E-state index in [9.17, 15) is 4.79 Å². The van der Waals surface area contributed by atoms with Gasteiger partial charge in [-0.2, -0.15) is 0 Å². The van der Waals surface area contributed by atoms with Gasteiger partial charge in [-0.05, 0) is 37.6 Å². The molecule has 0 aromatic carbocycles. The van der Waals surface area contributed by atoms with Crippen molar-refractivity contribution in [3.05, 3.63) is 18.0 Å². The van der Waals surface area contributed by atoms with E-state index in [0.29, 0.717) is 16.9 Å². The van der Waals surface area contributed by atoms with Crippen LogP contribution in [0.15, 0.2) is 12.4 Å². The summed E-state index contributed by atoms with van der Waals surface area (Å²) >= 11 is 0. The number of carbonyl (C=O) groups excluding carboxylic acids is 1. The quantitative estimate of drug-likeness (QED) is 0.853. The maximum absolute atomic E-state index is 12.5. The Morgan fingerprint density at radius 3 is 2.92 bits per heavy atom. The van der Waals surface area contributed by atoms with Crippen molar-refractivity contribution in [1.29, 1.82) is 0 Å². The minimum Gasteiger partial charge on any atom is -0.376 e. The van der Waals surface area contributed by atoms with Crippen LogP contribution in [0.2, 0.25) is 0 Å². The molecular weight excluding hydrogens is 306 g/mol. The number of nitrogens with one attached hydrogen (secondary N) is 2. The Labute approximate surface area is 142 Å². The lowest BCUT2D eigenvalue weighted by Crippen LogP contribution is -2.34. The van der Waals surface area contributed by atoms with Gasteiger partial charge in [0.05, 0.1) is 18.3 Å². The zero-order valence-corrected chi connectivity index (χ0v) is 14.0. The number of rotatable bonds is 4. The molecule has 1 unspecified atom stereocenters. The van der Waals surface area contributed by atoms with Crippen molar-refractivity contribution in [2.45, 2.75) is 31.8 Å². The minimum atomic E-state index is 0.0139. The third kappa shape index (κ3) is 3.52. The van der Waals surface area contributed by atoms with Gasteiger partial charge in [0.25, 0.3) is 5.91 Å². The minimum absolute atomic E-state index is 0.0139. The van der Waals surface area contributed by atoms with Crippen LogP contribution in [0.4, 0.5) is 5.95 Å². The summed E-state index contributed by atoms with van der Waals surface area (Å²) in [7, 11) is 0. The van der Waals surface area contributed by atoms with E-state index >= 15 is 0 Å². The van der Waals surface area contributed by atoms with Crippen molar-refractivity contribution >= 4 is 11.9 Å². The fourth-order valence-electron chi connectivity index (χ4n) is 3.52. The Bertz CT molecular complexity index is 579. The van der Waals surface area contributed by atoms with Crippen LogP contribution >= 0.6 is 0 Å². The van der Waals surface area contributed by atoms with Crippen LogP contribution in [0.3, 0.4) is 0 Å². The second kappa shape index (κ2) is 6.64. The second-order valence-corrected chi connectivity index (χ2v) is 7.21. The Morgan fingerprint density at radius 1 is 1.33 bits per heavy atom. The van der Waals surface area contributed by atoms with Crippen LogP contribution in [0.25, 0.3) is 0 Å². The highest BCUT2D eigenvalue weighted by Gasteiger charge is 2.49. The molecule has 4 rings (SSSR count). The maximum atomic E-state index is 12.5. The van der Waals surface area contributed by atoms with Crippen LogP contribution in [0, 0.1) is 5.41 Å². The molecule has 3 fully saturated rings. The molecule has 1 aromatic rings. The molecule has 3 aliphatic rings. The lowest BCUT2D eigenvalue weighted by atomic mass is 10.0. The molecule has 1 amide bonds. The number of hydrogen-bond donors (Lipinski definition) is 2. The van der Waals surface area contributed by atoms with Gasteiger partial charge in [0.15, 0.2) is 0 Å². The summed E-state index contributed by atoms with van der Waals surface area (Å²) in [4.78, 5) is 22.9. The second-order valence-electron chi connectivity index (χ2n) is 7.21. The lowest BCUT2D eigenvalue weighted by molar-refractivity contribution is 0.0765. The van der Waals surface area contributed by atoms with Gasteiger partial charge < -0.3 is 20.3 Å². The Kier molecular flexibility index (Phi) is 4.37. The molecule has 7 heteroatoms. The molecule has 1 saturated carbocycles. The van der Waals surface area contributed by atoms with Gasteiger partial charge in [0, 0.05) is 38.6 Å². The molecular formula is C17H25N5O2. The standard InChI is InChI=1S/C17H25N5O2/c23-15(22-6-1-4-18-5-7-22)13-9-19-16(20-10-13)21-11-14-8-17(2-3-17)12-24-14/h9-10,14,18H,1-8,11-12H2,(H,19,20,21). The van der Waals surface area contributed by atoms with Gasteiger partial charge in [-0.1, -0.05) is 0 Å². The first-order chi connectivity index (χ1) is 11.7. The summed E-state index contributed by atoms with van der Waals surface area (Å²) in [6, 6.07) is 0. The highest BCUT2D eigenvalue weighted by Crippen LogP contribution is 2.53. The Hall–Kier alpha value is -1.73. The number of nitrogens with zero attached hydrogens (tertiary/aromatic N) is 3. The van der Waals surface area contributed by atoms with E-state index in [2.05, 4.69) is 20.6 Å². The number of hydrogen-bond acceptors (Lipinski definition) is 6. The van der Waals surface area contributed by atoms with Gasteiger partial charge in [0.2, 0.25) is 5.95 Å². The highest BCUT2D eigenvalue weighted by molar-refractivity contribution is 5.93. The van der Waals surface area contributed by atoms with Crippen LogP contribution < -0.4 is 10.6 Å². The first-order valence-corrected chi connectivity index (χ1v) is 8.92. The molecule has 2 aliphatic heterocycles. The van der Waals surface area contributed by atoms with E-state index in [4.69, 9.17) is 4.74 Å². The van der Waals surface area contributed by atoms with Crippen molar-refractivity contribution in [2.24, 2.45) is 5.41 Å². The lowest BCUT2D eigenvalue weighted by Gasteiger charge is -2.19. The number of aromatic nitrogens is 2. The predicted octanol–water partition coefficient (Wildman–Crippen LogP) is 0.893. The summed E-state index contributed by atoms with van der Waals surface area (Å²) < 4.78 is 5.82. The van der Waals surface area contributed by atoms with E-state index in [1.54, 1.807) is 12.4 Å². The molecule has 1 spiro atoms. The van der Waals surface area contributed by atoms with E-state index in [1.165, 1.54) is 12.8 Å². The van der Waals surface area contributed by atoms with Crippen molar-refractivity contribution < 1.29 is 9.53 Å². The zero-order valence-electron chi connectivity index (χ0n) is 14.0. The molecule has 24 heavy (non-hydrogen) atoms. The summed E-state index contributed by atoms with van der Waals surface area (Å²) in [6.45, 7) is 4.96. The van der Waals surface area contributed by atoms with E-state index < -0.39 is 0 Å². The largest absolute Gasteiger partial charge is 0.376 e. The molecule has 2 N–H and O–H groups in total. The Morgan fingerprint density at radius 2 is 2.17 bits per heavy atom. The van der Waals surface area contributed by atoms with Gasteiger partial charge in [0.1, 0.15) is 0 Å². The SMILES string of the molecule is O=C(c1cnc(NCC2CC3(CC3)CO2)nc1)N1CCCNCC1. The van der Waals surface area contributed by atoms with Crippen molar-refractivity contribution in [2.75, 3.05) is 44.6 Å². The molecule has 1 atom stereocenters. The number of ether oxygens (including phenoxy) is 1. The first-order valence-electron chi connectivity index (χ1n) is 8.92. The van der Waals surface area contributed by atoms with E-state index in [0.717, 1.165) is 52.2 Å². The third-order valence-electron chi connectivity index (χ3n) is 5.26. The monoisotopic (exact) mass is 331 g/mol. The topological polar surface area (TPSA) is 79.4 Å². The van der Waals surface area contributed by atoms with Crippen LogP contribution in [-0.4, -0.2) is 66.2 Å². The molecule has 2 saturated heterocycles. The normalized spacial score (nSPS) is 25.5. The van der Waals surface area contributed by atoms with Gasteiger partial charge in [-0.25, -0.2) is 9.97 Å². The van der Waals surface area contributed by atoms with Crippen molar-refractivity contribution in [3.8, 4) is 0 Å². The predicted molar refractivity (Wildman–Crippen MR) is 89.9 cm³/mol. The molecule has 3 heterocycles. The average Bonchev–Trinajstić information content (AvgIpc) is 3.32. The summed E-state index contributed by atoms with van der Waals surface area (Å²) in [5.41, 5.74) is 1.04. The zero-order chi connectivity index (χ0) is 16.4. The summed E-state index contributed by atoms with van der Waals surface area (Å²) in [5, 5.41) is 6.52. The van der Waals surface area contributed by atoms with Gasteiger partial charge in [-0.15, -0.1) is 0 Å². The number of carbonyl (C=O) groups is 1. The van der Waals surface area contributed by atoms with Crippen molar-refractivity contribution in [1.82, 2.24) is 20.2 Å². The fourth-order valence-corrected chi connectivity index (χ4v) is 3.52. The molecule has 1 aliphatic carbocycles. The third-order valence-corrected chi connectivity index (χ3v) is 5.26. The average molecular weight is 331 g/mol. The van der Waals surface area contributed by atoms with E-state index in [1.807, 2.05) is 4.90 Å². The molecule has 7 nitrogen and oxygen atoms in total. The van der Waals surface area contributed by atoms with Crippen molar-refractivity contribution in [3.63, 3.8) is 0 Å². The molecule has 1 aromatic heterocycles. The highest BCUT2D eigenvalue weighted by atomic mass is 16.5. The van der Waals surface area contributed by atoms with Crippen LogP contribution in [0.5, 0.6) is 0 Å². The maximum Gasteiger partial charge on any atom is 0.257 e. The van der Waals surface area contributed by atoms with Crippen LogP contribution in [0.1, 0.15) is 36.0 Å². The van der Waals surface area contributed by atoms with Crippen LogP contribution in [-0.2, 0) is 4.74 Å². The Balaban J connectivity index is 1.30. The van der Waals surface area contributed by atoms with E-state index in [-0.39, 0.29) is 12.0 Å². The smallest absolute Gasteiger partial charge is 0.257 e. The summed E-state index contributed by atoms with van der Waals surface area (Å²) in [5.74, 6) is 0.574. The number of amides is 1. The molecule has 0 radical (unpaired) electrons. The molecule has 0 bridgehead atoms. The fraction of sp³-hybridized carbons (Fsp3) is 0.706. The molecule has 130 valence electrons. The first kappa shape index (κ1) is 15.8. The van der Waals surface area contributed by atoms with Gasteiger partial charge in [-0.3, -0.25) is 4.79 Å². The van der Waals surface area contributed by atoms with Gasteiger partial charge >= 0.3 is 0 Å². The number of anilines is 1. The summed E-state index contributed by atoms with van der Waals surface area (Å²) in [6.07, 6.45) is 8.23.